The molecule has 1 heterocycles. The molecule has 0 radical (unpaired) electrons. The lowest BCUT2D eigenvalue weighted by atomic mass is 9.96. The molecule has 7 heteroatoms. The number of ether oxygens (including phenoxy) is 1. The molecule has 0 aliphatic carbocycles. The van der Waals surface area contributed by atoms with E-state index in [9.17, 15) is 14.7 Å². The van der Waals surface area contributed by atoms with Gasteiger partial charge in [-0.1, -0.05) is 58.0 Å². The molecule has 0 bridgehead atoms. The van der Waals surface area contributed by atoms with Crippen molar-refractivity contribution < 1.29 is 19.4 Å². The number of benzene rings is 1. The maximum absolute atomic E-state index is 13.3. The maximum Gasteiger partial charge on any atom is 0.407 e. The molecule has 4 atom stereocenters. The Morgan fingerprint density at radius 2 is 1.81 bits per heavy atom. The summed E-state index contributed by atoms with van der Waals surface area (Å²) < 4.78 is 5.41. The highest BCUT2D eigenvalue weighted by Gasteiger charge is 2.46. The number of alkyl carbamates (subject to hydrolysis) is 1. The number of hydrogen-bond donors (Lipinski definition) is 3. The zero-order chi connectivity index (χ0) is 24.1. The number of aliphatic hydroxyl groups excluding tert-OH is 1. The highest BCUT2D eigenvalue weighted by molar-refractivity contribution is 5.85. The van der Waals surface area contributed by atoms with Gasteiger partial charge in [0.25, 0.3) is 0 Å². The van der Waals surface area contributed by atoms with Gasteiger partial charge in [0.15, 0.2) is 0 Å². The first-order valence-electron chi connectivity index (χ1n) is 11.7. The Kier molecular flexibility index (Phi) is 9.10. The van der Waals surface area contributed by atoms with E-state index in [2.05, 4.69) is 38.3 Å². The second-order valence-corrected chi connectivity index (χ2v) is 10.5. The minimum absolute atomic E-state index is 0.124. The smallest absolute Gasteiger partial charge is 0.407 e. The van der Waals surface area contributed by atoms with Gasteiger partial charge in [-0.2, -0.15) is 0 Å². The van der Waals surface area contributed by atoms with Crippen LogP contribution in [-0.4, -0.2) is 58.5 Å². The summed E-state index contributed by atoms with van der Waals surface area (Å²) in [5, 5.41) is 17.4. The first-order valence-corrected chi connectivity index (χ1v) is 11.7. The first-order chi connectivity index (χ1) is 14.9. The molecule has 1 fully saturated rings. The first kappa shape index (κ1) is 26.1. The Bertz CT molecular complexity index is 745. The number of nitrogens with zero attached hydrogens (tertiary/aromatic N) is 1. The van der Waals surface area contributed by atoms with Crippen LogP contribution in [0.2, 0.25) is 0 Å². The van der Waals surface area contributed by atoms with Crippen molar-refractivity contribution in [3.63, 3.8) is 0 Å². The summed E-state index contributed by atoms with van der Waals surface area (Å²) in [6.45, 7) is 14.4. The number of carbonyl (C=O) groups is 2. The van der Waals surface area contributed by atoms with Gasteiger partial charge >= 0.3 is 6.09 Å². The zero-order valence-corrected chi connectivity index (χ0v) is 20.6. The van der Waals surface area contributed by atoms with E-state index < -0.39 is 29.9 Å². The third kappa shape index (κ3) is 7.48. The van der Waals surface area contributed by atoms with E-state index in [0.29, 0.717) is 18.9 Å². The van der Waals surface area contributed by atoms with Crippen LogP contribution in [0.25, 0.3) is 0 Å². The fourth-order valence-corrected chi connectivity index (χ4v) is 3.92. The summed E-state index contributed by atoms with van der Waals surface area (Å²) in [7, 11) is 0. The molecule has 1 aliphatic heterocycles. The lowest BCUT2D eigenvalue weighted by Crippen LogP contribution is -2.55. The van der Waals surface area contributed by atoms with Gasteiger partial charge in [-0.3, -0.25) is 10.1 Å². The molecule has 7 nitrogen and oxygen atoms in total. The molecule has 2 amide bonds. The number of carbonyl (C=O) groups excluding carboxylic acids is 2. The van der Waals surface area contributed by atoms with Gasteiger partial charge in [0.2, 0.25) is 5.91 Å². The van der Waals surface area contributed by atoms with Crippen LogP contribution in [0.1, 0.15) is 60.5 Å². The summed E-state index contributed by atoms with van der Waals surface area (Å²) in [4.78, 5) is 27.7. The lowest BCUT2D eigenvalue weighted by molar-refractivity contribution is -0.132. The molecule has 2 rings (SSSR count). The van der Waals surface area contributed by atoms with E-state index in [-0.39, 0.29) is 18.0 Å². The van der Waals surface area contributed by atoms with Crippen molar-refractivity contribution in [2.75, 3.05) is 6.54 Å². The molecule has 1 aliphatic rings. The van der Waals surface area contributed by atoms with Crippen LogP contribution >= 0.6 is 0 Å². The van der Waals surface area contributed by atoms with E-state index in [1.54, 1.807) is 20.8 Å². The molecular weight excluding hydrogens is 406 g/mol. The van der Waals surface area contributed by atoms with Gasteiger partial charge in [-0.15, -0.1) is 0 Å². The van der Waals surface area contributed by atoms with Crippen molar-refractivity contribution >= 4 is 12.0 Å². The van der Waals surface area contributed by atoms with Crippen LogP contribution in [0.15, 0.2) is 30.3 Å². The molecule has 0 aromatic heterocycles. The highest BCUT2D eigenvalue weighted by Crippen LogP contribution is 2.23. The third-order valence-electron chi connectivity index (χ3n) is 5.57. The van der Waals surface area contributed by atoms with E-state index in [1.807, 2.05) is 35.2 Å². The van der Waals surface area contributed by atoms with Crippen LogP contribution in [0.3, 0.4) is 0 Å². The Balaban J connectivity index is 2.23. The fourth-order valence-electron chi connectivity index (χ4n) is 3.92. The number of amides is 2. The van der Waals surface area contributed by atoms with Crippen molar-refractivity contribution in [2.45, 2.75) is 91.3 Å². The molecular formula is C25H41N3O4. The van der Waals surface area contributed by atoms with Gasteiger partial charge < -0.3 is 20.1 Å². The van der Waals surface area contributed by atoms with Crippen molar-refractivity contribution in [1.29, 1.82) is 0 Å². The van der Waals surface area contributed by atoms with Crippen molar-refractivity contribution in [3.05, 3.63) is 35.9 Å². The van der Waals surface area contributed by atoms with E-state index in [4.69, 9.17) is 4.74 Å². The van der Waals surface area contributed by atoms with E-state index >= 15 is 0 Å². The molecule has 1 unspecified atom stereocenters. The standard InChI is InChI=1S/C25H41N3O4/c1-16(2)13-14-28-22(17(3)4)27-20(23(28)30)21(29)19(15-18-11-9-8-10-12-18)26-24(31)32-25(5,6)7/h8-12,16-17,19-22,27,29H,13-15H2,1-7H3,(H,26,31)/t19-,20-,21+,22?/m0/s1. The minimum atomic E-state index is -1.11. The maximum atomic E-state index is 13.3. The molecule has 3 N–H and O–H groups in total. The quantitative estimate of drug-likeness (QED) is 0.540. The van der Waals surface area contributed by atoms with Gasteiger partial charge in [0.1, 0.15) is 11.6 Å². The molecule has 1 aromatic carbocycles. The Morgan fingerprint density at radius 3 is 2.34 bits per heavy atom. The van der Waals surface area contributed by atoms with Crippen LogP contribution in [-0.2, 0) is 16.0 Å². The van der Waals surface area contributed by atoms with Crippen LogP contribution in [0.5, 0.6) is 0 Å². The monoisotopic (exact) mass is 447 g/mol. The number of hydrogen-bond acceptors (Lipinski definition) is 5. The highest BCUT2D eigenvalue weighted by atomic mass is 16.6. The van der Waals surface area contributed by atoms with Crippen molar-refractivity contribution in [2.24, 2.45) is 11.8 Å². The molecule has 1 aromatic rings. The largest absolute Gasteiger partial charge is 0.444 e. The molecule has 1 saturated heterocycles. The Hall–Kier alpha value is -2.12. The second-order valence-electron chi connectivity index (χ2n) is 10.5. The summed E-state index contributed by atoms with van der Waals surface area (Å²) in [6, 6.07) is 8.13. The average Bonchev–Trinajstić information content (AvgIpc) is 3.01. The summed E-state index contributed by atoms with van der Waals surface area (Å²) in [5.41, 5.74) is 0.291. The van der Waals surface area contributed by atoms with E-state index in [0.717, 1.165) is 12.0 Å². The van der Waals surface area contributed by atoms with Crippen molar-refractivity contribution in [1.82, 2.24) is 15.5 Å². The lowest BCUT2D eigenvalue weighted by Gasteiger charge is -2.29. The molecule has 0 saturated carbocycles. The third-order valence-corrected chi connectivity index (χ3v) is 5.57. The van der Waals surface area contributed by atoms with Gasteiger partial charge in [0.05, 0.1) is 18.3 Å². The van der Waals surface area contributed by atoms with E-state index in [1.165, 1.54) is 0 Å². The topological polar surface area (TPSA) is 90.9 Å². The van der Waals surface area contributed by atoms with Crippen LogP contribution in [0, 0.1) is 11.8 Å². The predicted octanol–water partition coefficient (Wildman–Crippen LogP) is 3.31. The second kappa shape index (κ2) is 11.1. The number of rotatable bonds is 9. The zero-order valence-electron chi connectivity index (χ0n) is 20.6. The number of aliphatic hydroxyl groups is 1. The Labute approximate surface area is 192 Å². The SMILES string of the molecule is CC(C)CCN1C(=O)[C@H]([C@H](O)[C@H](Cc2ccccc2)NC(=O)OC(C)(C)C)NC1C(C)C. The normalized spacial score (nSPS) is 21.2. The average molecular weight is 448 g/mol. The summed E-state index contributed by atoms with van der Waals surface area (Å²) in [6.07, 6.45) is -0.603. The summed E-state index contributed by atoms with van der Waals surface area (Å²) >= 11 is 0. The minimum Gasteiger partial charge on any atom is -0.444 e. The summed E-state index contributed by atoms with van der Waals surface area (Å²) in [5.74, 6) is 0.537. The van der Waals surface area contributed by atoms with Gasteiger partial charge in [0, 0.05) is 6.54 Å². The van der Waals surface area contributed by atoms with Crippen molar-refractivity contribution in [3.8, 4) is 0 Å². The number of nitrogens with one attached hydrogen (secondary N) is 2. The fraction of sp³-hybridized carbons (Fsp3) is 0.680. The van der Waals surface area contributed by atoms with Gasteiger partial charge in [-0.05, 0) is 51.0 Å². The Morgan fingerprint density at radius 1 is 1.19 bits per heavy atom. The molecule has 180 valence electrons. The van der Waals surface area contributed by atoms with Crippen LogP contribution < -0.4 is 10.6 Å². The van der Waals surface area contributed by atoms with Crippen LogP contribution in [0.4, 0.5) is 4.79 Å². The predicted molar refractivity (Wildman–Crippen MR) is 126 cm³/mol. The molecule has 32 heavy (non-hydrogen) atoms. The van der Waals surface area contributed by atoms with Gasteiger partial charge in [-0.25, -0.2) is 4.79 Å². The molecule has 0 spiro atoms.